The molecule has 0 atom stereocenters. The highest BCUT2D eigenvalue weighted by Gasteiger charge is 2.21. The number of aromatic nitrogens is 1. The van der Waals surface area contributed by atoms with E-state index in [2.05, 4.69) is 10.1 Å². The second-order valence-corrected chi connectivity index (χ2v) is 3.92. The normalized spacial score (nSPS) is 16.1. The van der Waals surface area contributed by atoms with Crippen molar-refractivity contribution in [2.45, 2.75) is 19.3 Å². The van der Waals surface area contributed by atoms with Crippen LogP contribution in [-0.2, 0) is 0 Å². The summed E-state index contributed by atoms with van der Waals surface area (Å²) in [6, 6.07) is 3.44. The first-order valence-electron chi connectivity index (χ1n) is 5.37. The summed E-state index contributed by atoms with van der Waals surface area (Å²) in [6.07, 6.45) is 5.28. The van der Waals surface area contributed by atoms with Gasteiger partial charge in [0.1, 0.15) is 0 Å². The minimum Gasteiger partial charge on any atom is -0.477 e. The van der Waals surface area contributed by atoms with Crippen LogP contribution in [0.3, 0.4) is 0 Å². The molecule has 86 valence electrons. The van der Waals surface area contributed by atoms with Gasteiger partial charge >= 0.3 is 0 Å². The first kappa shape index (κ1) is 10.7. The Morgan fingerprint density at radius 3 is 3.12 bits per heavy atom. The summed E-state index contributed by atoms with van der Waals surface area (Å²) in [5.74, 6) is 1.27. The van der Waals surface area contributed by atoms with E-state index in [1.165, 1.54) is 12.8 Å². The zero-order valence-corrected chi connectivity index (χ0v) is 8.97. The van der Waals surface area contributed by atoms with E-state index in [-0.39, 0.29) is 5.84 Å². The molecule has 1 saturated carbocycles. The molecule has 1 aromatic rings. The maximum atomic E-state index is 8.62. The summed E-state index contributed by atoms with van der Waals surface area (Å²) in [5, 5.41) is 11.6. The molecule has 1 heterocycles. The largest absolute Gasteiger partial charge is 0.477 e. The van der Waals surface area contributed by atoms with Crippen molar-refractivity contribution < 1.29 is 9.94 Å². The summed E-state index contributed by atoms with van der Waals surface area (Å²) in [6.45, 7) is 0.632. The molecule has 1 aliphatic rings. The van der Waals surface area contributed by atoms with Crippen LogP contribution < -0.4 is 10.5 Å². The van der Waals surface area contributed by atoms with Crippen LogP contribution in [0.15, 0.2) is 23.5 Å². The van der Waals surface area contributed by atoms with E-state index in [0.29, 0.717) is 18.1 Å². The number of hydrogen-bond donors (Lipinski definition) is 2. The molecule has 0 bridgehead atoms. The molecule has 1 fully saturated rings. The fraction of sp³-hybridized carbons (Fsp3) is 0.455. The number of oxime groups is 1. The van der Waals surface area contributed by atoms with Gasteiger partial charge in [-0.1, -0.05) is 18.0 Å². The predicted octanol–water partition coefficient (Wildman–Crippen LogP) is 1.35. The molecule has 0 radical (unpaired) electrons. The summed E-state index contributed by atoms with van der Waals surface area (Å²) in [5.41, 5.74) is 6.05. The first-order valence-corrected chi connectivity index (χ1v) is 5.37. The molecule has 16 heavy (non-hydrogen) atoms. The van der Waals surface area contributed by atoms with Crippen LogP contribution in [0.25, 0.3) is 0 Å². The Labute approximate surface area is 93.9 Å². The lowest BCUT2D eigenvalue weighted by Crippen LogP contribution is -2.15. The minimum absolute atomic E-state index is 0.0227. The Morgan fingerprint density at radius 2 is 2.44 bits per heavy atom. The molecule has 5 nitrogen and oxygen atoms in total. The molecule has 0 aromatic carbocycles. The molecule has 1 aliphatic carbocycles. The van der Waals surface area contributed by atoms with Crippen LogP contribution in [0, 0.1) is 5.92 Å². The molecular formula is C11H15N3O2. The van der Waals surface area contributed by atoms with E-state index in [4.69, 9.17) is 15.7 Å². The number of hydrogen-bond acceptors (Lipinski definition) is 4. The van der Waals surface area contributed by atoms with Crippen LogP contribution in [0.4, 0.5) is 0 Å². The zero-order valence-electron chi connectivity index (χ0n) is 8.97. The van der Waals surface area contributed by atoms with Gasteiger partial charge in [-0.2, -0.15) is 0 Å². The lowest BCUT2D eigenvalue weighted by molar-refractivity contribution is 0.289. The molecule has 0 amide bonds. The number of nitrogens with zero attached hydrogens (tertiary/aromatic N) is 2. The standard InChI is InChI=1S/C11H15N3O2/c12-10(14-15)9-2-1-6-13-11(9)16-7-5-8-3-4-8/h1-2,6,8,15H,3-5,7H2,(H2,12,14). The van der Waals surface area contributed by atoms with E-state index < -0.39 is 0 Å². The topological polar surface area (TPSA) is 80.7 Å². The summed E-state index contributed by atoms with van der Waals surface area (Å²) >= 11 is 0. The lowest BCUT2D eigenvalue weighted by atomic mass is 10.2. The van der Waals surface area contributed by atoms with Gasteiger partial charge in [0.15, 0.2) is 5.84 Å². The Bertz CT molecular complexity index is 389. The fourth-order valence-corrected chi connectivity index (χ4v) is 1.48. The van der Waals surface area contributed by atoms with E-state index in [9.17, 15) is 0 Å². The van der Waals surface area contributed by atoms with Crippen molar-refractivity contribution in [3.05, 3.63) is 23.9 Å². The Hall–Kier alpha value is -1.78. The SMILES string of the molecule is N/C(=N/O)c1cccnc1OCCC1CC1. The van der Waals surface area contributed by atoms with Crippen molar-refractivity contribution in [1.29, 1.82) is 0 Å². The summed E-state index contributed by atoms with van der Waals surface area (Å²) in [7, 11) is 0. The number of pyridine rings is 1. The summed E-state index contributed by atoms with van der Waals surface area (Å²) in [4.78, 5) is 4.07. The molecular weight excluding hydrogens is 206 g/mol. The van der Waals surface area contributed by atoms with Crippen molar-refractivity contribution in [2.24, 2.45) is 16.8 Å². The third kappa shape index (κ3) is 2.62. The monoisotopic (exact) mass is 221 g/mol. The average Bonchev–Trinajstić information content (AvgIpc) is 3.13. The molecule has 0 saturated heterocycles. The van der Waals surface area contributed by atoms with Crippen molar-refractivity contribution >= 4 is 5.84 Å². The van der Waals surface area contributed by atoms with Gasteiger partial charge in [-0.15, -0.1) is 0 Å². The third-order valence-electron chi connectivity index (χ3n) is 2.62. The van der Waals surface area contributed by atoms with Crippen LogP contribution in [0.2, 0.25) is 0 Å². The summed E-state index contributed by atoms with van der Waals surface area (Å²) < 4.78 is 5.53. The molecule has 1 aromatic heterocycles. The van der Waals surface area contributed by atoms with Crippen molar-refractivity contribution in [3.8, 4) is 5.88 Å². The molecule has 3 N–H and O–H groups in total. The fourth-order valence-electron chi connectivity index (χ4n) is 1.48. The average molecular weight is 221 g/mol. The van der Waals surface area contributed by atoms with Crippen LogP contribution in [-0.4, -0.2) is 22.6 Å². The predicted molar refractivity (Wildman–Crippen MR) is 59.6 cm³/mol. The first-order chi connectivity index (χ1) is 7.81. The van der Waals surface area contributed by atoms with E-state index in [0.717, 1.165) is 12.3 Å². The van der Waals surface area contributed by atoms with Gasteiger partial charge in [-0.3, -0.25) is 0 Å². The highest BCUT2D eigenvalue weighted by Crippen LogP contribution is 2.32. The van der Waals surface area contributed by atoms with E-state index >= 15 is 0 Å². The Kier molecular flexibility index (Phi) is 3.24. The van der Waals surface area contributed by atoms with E-state index in [1.54, 1.807) is 18.3 Å². The smallest absolute Gasteiger partial charge is 0.224 e. The number of amidine groups is 1. The maximum absolute atomic E-state index is 8.62. The van der Waals surface area contributed by atoms with E-state index in [1.807, 2.05) is 0 Å². The molecule has 0 spiro atoms. The highest BCUT2D eigenvalue weighted by atomic mass is 16.5. The van der Waals surface area contributed by atoms with Gasteiger partial charge in [-0.25, -0.2) is 4.98 Å². The second kappa shape index (κ2) is 4.83. The van der Waals surface area contributed by atoms with Crippen molar-refractivity contribution in [2.75, 3.05) is 6.61 Å². The Balaban J connectivity index is 2.00. The third-order valence-corrected chi connectivity index (χ3v) is 2.62. The van der Waals surface area contributed by atoms with Crippen LogP contribution in [0.1, 0.15) is 24.8 Å². The van der Waals surface area contributed by atoms with Crippen molar-refractivity contribution in [1.82, 2.24) is 4.98 Å². The quantitative estimate of drug-likeness (QED) is 0.340. The van der Waals surface area contributed by atoms with Gasteiger partial charge in [0.2, 0.25) is 5.88 Å². The molecule has 0 unspecified atom stereocenters. The second-order valence-electron chi connectivity index (χ2n) is 3.92. The molecule has 2 rings (SSSR count). The molecule has 5 heteroatoms. The van der Waals surface area contributed by atoms with Gasteiger partial charge < -0.3 is 15.7 Å². The van der Waals surface area contributed by atoms with Crippen molar-refractivity contribution in [3.63, 3.8) is 0 Å². The lowest BCUT2D eigenvalue weighted by Gasteiger charge is -2.08. The Morgan fingerprint density at radius 1 is 1.62 bits per heavy atom. The number of ether oxygens (including phenoxy) is 1. The minimum atomic E-state index is 0.0227. The highest BCUT2D eigenvalue weighted by molar-refractivity contribution is 5.98. The van der Waals surface area contributed by atoms with Gasteiger partial charge in [0, 0.05) is 6.20 Å². The van der Waals surface area contributed by atoms with Crippen LogP contribution in [0.5, 0.6) is 5.88 Å². The number of rotatable bonds is 5. The van der Waals surface area contributed by atoms with Gasteiger partial charge in [0.05, 0.1) is 12.2 Å². The van der Waals surface area contributed by atoms with Gasteiger partial charge in [0.25, 0.3) is 0 Å². The van der Waals surface area contributed by atoms with Crippen LogP contribution >= 0.6 is 0 Å². The molecule has 0 aliphatic heterocycles. The maximum Gasteiger partial charge on any atom is 0.224 e. The van der Waals surface area contributed by atoms with Gasteiger partial charge in [-0.05, 0) is 24.5 Å². The zero-order chi connectivity index (χ0) is 11.4. The number of nitrogens with two attached hydrogens (primary N) is 1.